The van der Waals surface area contributed by atoms with Crippen LogP contribution in [-0.4, -0.2) is 24.2 Å². The van der Waals surface area contributed by atoms with Crippen molar-refractivity contribution in [2.75, 3.05) is 0 Å². The van der Waals surface area contributed by atoms with Crippen molar-refractivity contribution >= 4 is 0 Å². The smallest absolute Gasteiger partial charge is 0.437 e. The fourth-order valence-electron chi connectivity index (χ4n) is 1.48. The highest BCUT2D eigenvalue weighted by Gasteiger charge is 2.78. The first-order valence-electron chi connectivity index (χ1n) is 6.34. The second-order valence-electron chi connectivity index (χ2n) is 4.80. The maximum atomic E-state index is 13.9. The van der Waals surface area contributed by atoms with E-state index >= 15 is 0 Å². The van der Waals surface area contributed by atoms with Gasteiger partial charge in [0.25, 0.3) is 5.83 Å². The van der Waals surface area contributed by atoms with Gasteiger partial charge in [-0.1, -0.05) is 0 Å². The molecule has 0 saturated carbocycles. The van der Waals surface area contributed by atoms with Crippen LogP contribution in [0.3, 0.4) is 0 Å². The minimum absolute atomic E-state index is 1.77. The number of halogens is 16. The van der Waals surface area contributed by atoms with Crippen LogP contribution in [0, 0.1) is 29.1 Å². The number of rotatable bonds is 6. The summed E-state index contributed by atoms with van der Waals surface area (Å²) in [6, 6.07) is 0. The number of alkyl halides is 8. The SMILES string of the molecule is FC(F)=C(F)C(F)(F)OC(F)(F)C(F)(Oc1c(F)c(F)c(F)c(F)c1F)C(F)(F)F. The average Bonchev–Trinajstić information content (AvgIpc) is 2.58. The first-order chi connectivity index (χ1) is 13.2. The van der Waals surface area contributed by atoms with Gasteiger partial charge in [0.05, 0.1) is 0 Å². The Kier molecular flexibility index (Phi) is 6.57. The van der Waals surface area contributed by atoms with Crippen LogP contribution in [0.4, 0.5) is 70.2 Å². The van der Waals surface area contributed by atoms with Gasteiger partial charge >= 0.3 is 30.3 Å². The standard InChI is InChI=1S/C12F16O2/c13-1-2(14)4(16)6(5(17)3(1)15)29-10(23,11(24,25)26)12(27,28)30-9(21,22)7(18)8(19)20. The molecule has 0 fully saturated rings. The summed E-state index contributed by atoms with van der Waals surface area (Å²) >= 11 is 0. The quantitative estimate of drug-likeness (QED) is 0.272. The van der Waals surface area contributed by atoms with Crippen molar-refractivity contribution in [3.8, 4) is 5.75 Å². The summed E-state index contributed by atoms with van der Waals surface area (Å²) < 4.78 is 210. The fourth-order valence-corrected chi connectivity index (χ4v) is 1.48. The molecule has 0 saturated heterocycles. The summed E-state index contributed by atoms with van der Waals surface area (Å²) in [5.74, 6) is -31.1. The first kappa shape index (κ1) is 25.6. The molecule has 0 aliphatic rings. The molecule has 1 aromatic carbocycles. The lowest BCUT2D eigenvalue weighted by molar-refractivity contribution is -0.477. The topological polar surface area (TPSA) is 18.5 Å². The molecule has 0 bridgehead atoms. The van der Waals surface area contributed by atoms with E-state index in [0.29, 0.717) is 0 Å². The Morgan fingerprint density at radius 2 is 0.967 bits per heavy atom. The molecule has 30 heavy (non-hydrogen) atoms. The van der Waals surface area contributed by atoms with Crippen LogP contribution in [-0.2, 0) is 4.74 Å². The van der Waals surface area contributed by atoms with Gasteiger partial charge in [0.1, 0.15) is 0 Å². The summed E-state index contributed by atoms with van der Waals surface area (Å²) in [6.45, 7) is 0. The van der Waals surface area contributed by atoms with Crippen LogP contribution in [0.25, 0.3) is 0 Å². The second-order valence-corrected chi connectivity index (χ2v) is 4.80. The lowest BCUT2D eigenvalue weighted by Crippen LogP contribution is -2.62. The zero-order chi connectivity index (χ0) is 24.0. The highest BCUT2D eigenvalue weighted by Crippen LogP contribution is 2.51. The van der Waals surface area contributed by atoms with E-state index in [1.54, 1.807) is 4.74 Å². The normalized spacial score (nSPS) is 15.1. The third-order valence-electron chi connectivity index (χ3n) is 2.83. The molecule has 1 aromatic rings. The van der Waals surface area contributed by atoms with E-state index in [1.165, 1.54) is 0 Å². The molecule has 1 atom stereocenters. The molecule has 18 heteroatoms. The molecule has 0 heterocycles. The van der Waals surface area contributed by atoms with E-state index in [1.807, 2.05) is 0 Å². The average molecular weight is 480 g/mol. The molecule has 0 aliphatic heterocycles. The van der Waals surface area contributed by atoms with Crippen molar-refractivity contribution in [1.82, 2.24) is 0 Å². The van der Waals surface area contributed by atoms with Crippen molar-refractivity contribution in [1.29, 1.82) is 0 Å². The summed E-state index contributed by atoms with van der Waals surface area (Å²) in [7, 11) is 0. The van der Waals surface area contributed by atoms with Crippen LogP contribution >= 0.6 is 0 Å². The number of hydrogen-bond acceptors (Lipinski definition) is 2. The molecule has 0 aliphatic carbocycles. The minimum Gasteiger partial charge on any atom is -0.437 e. The highest BCUT2D eigenvalue weighted by molar-refractivity contribution is 5.30. The zero-order valence-corrected chi connectivity index (χ0v) is 12.9. The number of benzene rings is 1. The Morgan fingerprint density at radius 1 is 0.600 bits per heavy atom. The summed E-state index contributed by atoms with van der Waals surface area (Å²) in [4.78, 5) is 0. The van der Waals surface area contributed by atoms with Crippen LogP contribution in [0.1, 0.15) is 0 Å². The van der Waals surface area contributed by atoms with Crippen molar-refractivity contribution in [3.63, 3.8) is 0 Å². The molecule has 0 amide bonds. The maximum Gasteiger partial charge on any atom is 0.470 e. The van der Waals surface area contributed by atoms with E-state index in [-0.39, 0.29) is 0 Å². The van der Waals surface area contributed by atoms with Crippen molar-refractivity contribution in [2.45, 2.75) is 24.2 Å². The fraction of sp³-hybridized carbons (Fsp3) is 0.333. The van der Waals surface area contributed by atoms with Gasteiger partial charge in [-0.3, -0.25) is 0 Å². The molecule has 2 nitrogen and oxygen atoms in total. The van der Waals surface area contributed by atoms with Gasteiger partial charge in [-0.25, -0.2) is 17.9 Å². The number of hydrogen-bond donors (Lipinski definition) is 0. The van der Waals surface area contributed by atoms with E-state index in [9.17, 15) is 70.2 Å². The van der Waals surface area contributed by atoms with E-state index in [4.69, 9.17) is 0 Å². The predicted molar refractivity (Wildman–Crippen MR) is 58.1 cm³/mol. The highest BCUT2D eigenvalue weighted by atomic mass is 19.4. The molecule has 172 valence electrons. The van der Waals surface area contributed by atoms with Gasteiger partial charge in [-0.05, 0) is 0 Å². The van der Waals surface area contributed by atoms with Crippen molar-refractivity contribution in [2.24, 2.45) is 0 Å². The largest absolute Gasteiger partial charge is 0.470 e. The molecular formula is C12F16O2. The van der Waals surface area contributed by atoms with Crippen LogP contribution in [0.2, 0.25) is 0 Å². The summed E-state index contributed by atoms with van der Waals surface area (Å²) in [6.07, 6.45) is -25.5. The molecule has 1 rings (SSSR count). The molecule has 1 unspecified atom stereocenters. The van der Waals surface area contributed by atoms with E-state index in [0.717, 1.165) is 0 Å². The van der Waals surface area contributed by atoms with Crippen LogP contribution in [0.5, 0.6) is 5.75 Å². The van der Waals surface area contributed by atoms with Gasteiger partial charge in [0, 0.05) is 0 Å². The van der Waals surface area contributed by atoms with E-state index < -0.39 is 71.0 Å². The summed E-state index contributed by atoms with van der Waals surface area (Å²) in [5.41, 5.74) is 0. The summed E-state index contributed by atoms with van der Waals surface area (Å²) in [5, 5.41) is 0. The van der Waals surface area contributed by atoms with Crippen molar-refractivity contribution < 1.29 is 79.7 Å². The van der Waals surface area contributed by atoms with Gasteiger partial charge in [-0.15, -0.1) is 0 Å². The monoisotopic (exact) mass is 480 g/mol. The maximum absolute atomic E-state index is 13.9. The number of ether oxygens (including phenoxy) is 2. The molecule has 0 spiro atoms. The van der Waals surface area contributed by atoms with Crippen molar-refractivity contribution in [3.05, 3.63) is 41.0 Å². The van der Waals surface area contributed by atoms with Gasteiger partial charge < -0.3 is 4.74 Å². The molecule has 0 aromatic heterocycles. The third-order valence-corrected chi connectivity index (χ3v) is 2.83. The Hall–Kier alpha value is -2.40. The van der Waals surface area contributed by atoms with E-state index in [2.05, 4.69) is 4.74 Å². The lowest BCUT2D eigenvalue weighted by Gasteiger charge is -2.35. The first-order valence-corrected chi connectivity index (χ1v) is 6.34. The minimum atomic E-state index is -7.39. The molecule has 0 radical (unpaired) electrons. The third kappa shape index (κ3) is 4.22. The Bertz CT molecular complexity index is 826. The Balaban J connectivity index is 3.66. The van der Waals surface area contributed by atoms with Gasteiger partial charge in [-0.2, -0.15) is 57.1 Å². The zero-order valence-electron chi connectivity index (χ0n) is 12.9. The van der Waals surface area contributed by atoms with Crippen LogP contribution < -0.4 is 4.74 Å². The van der Waals surface area contributed by atoms with Gasteiger partial charge in [0.2, 0.25) is 34.8 Å². The second kappa shape index (κ2) is 7.69. The molecular weight excluding hydrogens is 480 g/mol. The lowest BCUT2D eigenvalue weighted by atomic mass is 10.2. The Labute approximate surface area is 152 Å². The van der Waals surface area contributed by atoms with Crippen LogP contribution in [0.15, 0.2) is 11.9 Å². The Morgan fingerprint density at radius 3 is 1.30 bits per heavy atom. The molecule has 0 N–H and O–H groups in total. The predicted octanol–water partition coefficient (Wildman–Crippen LogP) is 6.27. The van der Waals surface area contributed by atoms with Gasteiger partial charge in [0.15, 0.2) is 0 Å².